The molecule has 1 nitrogen and oxygen atoms in total. The van der Waals surface area contributed by atoms with E-state index in [4.69, 9.17) is 4.21 Å². The molecule has 78 valence electrons. The second kappa shape index (κ2) is 6.44. The summed E-state index contributed by atoms with van der Waals surface area (Å²) in [6.45, 7) is 0. The van der Waals surface area contributed by atoms with E-state index >= 15 is 0 Å². The number of benzene rings is 1. The average molecular weight is 251 g/mol. The molecule has 14 heavy (non-hydrogen) atoms. The van der Waals surface area contributed by atoms with Crippen LogP contribution in [0.25, 0.3) is 0 Å². The first-order valence-corrected chi connectivity index (χ1v) is 7.31. The van der Waals surface area contributed by atoms with Gasteiger partial charge < -0.3 is 0 Å². The van der Waals surface area contributed by atoms with E-state index in [0.29, 0.717) is 0 Å². The van der Waals surface area contributed by atoms with Crippen molar-refractivity contribution in [2.75, 3.05) is 0 Å². The van der Waals surface area contributed by atoms with Crippen molar-refractivity contribution in [3.05, 3.63) is 35.4 Å². The van der Waals surface area contributed by atoms with E-state index < -0.39 is 9.23 Å². The second-order valence-electron chi connectivity index (χ2n) is 3.16. The van der Waals surface area contributed by atoms with Gasteiger partial charge in [0, 0.05) is 21.4 Å². The molecule has 0 amide bonds. The maximum absolute atomic E-state index is 9.09. The molecule has 2 rings (SSSR count). The number of hydrogen-bond donors (Lipinski definition) is 0. The van der Waals surface area contributed by atoms with E-state index in [1.807, 2.05) is 0 Å². The summed E-state index contributed by atoms with van der Waals surface area (Å²) in [5, 5.41) is 0. The first-order chi connectivity index (χ1) is 6.70. The zero-order valence-electron chi connectivity index (χ0n) is 7.71. The van der Waals surface area contributed by atoms with Crippen LogP contribution in [-0.2, 0) is 22.1 Å². The molecule has 0 fully saturated rings. The smallest absolute Gasteiger partial charge is 0.211 e. The fraction of sp³-hybridized carbons (Fsp3) is 0.400. The molecule has 0 saturated carbocycles. The van der Waals surface area contributed by atoms with Gasteiger partial charge in [-0.1, -0.05) is 24.3 Å². The number of fused-ring (bicyclic) bond motifs is 1. The maximum atomic E-state index is 9.09. The van der Waals surface area contributed by atoms with Crippen molar-refractivity contribution < 1.29 is 4.21 Å². The number of rotatable bonds is 0. The average Bonchev–Trinajstić information content (AvgIpc) is 2.17. The Labute approximate surface area is 95.9 Å². The van der Waals surface area contributed by atoms with Crippen molar-refractivity contribution in [1.82, 2.24) is 0 Å². The van der Waals surface area contributed by atoms with Crippen LogP contribution in [0.1, 0.15) is 24.0 Å². The monoisotopic (exact) mass is 250 g/mol. The van der Waals surface area contributed by atoms with Crippen LogP contribution in [0.2, 0.25) is 0 Å². The van der Waals surface area contributed by atoms with Gasteiger partial charge in [-0.15, -0.1) is 0 Å². The highest BCUT2D eigenvalue weighted by Gasteiger charge is 2.05. The number of halogens is 2. The SMILES string of the molecule is O=S(Cl)Cl.c1ccc2c(c1)CCCC2. The minimum atomic E-state index is -1.67. The van der Waals surface area contributed by atoms with Gasteiger partial charge in [0.2, 0.25) is 9.23 Å². The van der Waals surface area contributed by atoms with Gasteiger partial charge >= 0.3 is 0 Å². The fourth-order valence-corrected chi connectivity index (χ4v) is 1.68. The lowest BCUT2D eigenvalue weighted by atomic mass is 9.92. The van der Waals surface area contributed by atoms with Gasteiger partial charge in [0.1, 0.15) is 0 Å². The molecule has 0 saturated heterocycles. The van der Waals surface area contributed by atoms with Gasteiger partial charge in [-0.25, -0.2) is 4.21 Å². The third-order valence-corrected chi connectivity index (χ3v) is 2.26. The Morgan fingerprint density at radius 2 is 1.36 bits per heavy atom. The van der Waals surface area contributed by atoms with Crippen molar-refractivity contribution in [3.63, 3.8) is 0 Å². The van der Waals surface area contributed by atoms with Crippen LogP contribution in [0, 0.1) is 0 Å². The van der Waals surface area contributed by atoms with Crippen molar-refractivity contribution in [1.29, 1.82) is 0 Å². The molecule has 0 aliphatic heterocycles. The Bertz CT molecular complexity index is 286. The van der Waals surface area contributed by atoms with Crippen molar-refractivity contribution in [2.24, 2.45) is 0 Å². The summed E-state index contributed by atoms with van der Waals surface area (Å²) in [6, 6.07) is 8.80. The summed E-state index contributed by atoms with van der Waals surface area (Å²) in [6.07, 6.45) is 5.38. The maximum Gasteiger partial charge on any atom is 0.211 e. The molecule has 1 aromatic rings. The molecular weight excluding hydrogens is 239 g/mol. The quantitative estimate of drug-likeness (QED) is 0.644. The Hall–Kier alpha value is -0.0500. The number of hydrogen-bond acceptors (Lipinski definition) is 1. The molecule has 0 spiro atoms. The zero-order chi connectivity index (χ0) is 10.4. The second-order valence-corrected chi connectivity index (χ2v) is 5.68. The van der Waals surface area contributed by atoms with Crippen molar-refractivity contribution >= 4 is 30.6 Å². The van der Waals surface area contributed by atoms with Crippen LogP contribution >= 0.6 is 21.4 Å². The minimum absolute atomic E-state index is 1.30. The molecular formula is C10H12Cl2OS. The molecule has 1 aliphatic rings. The van der Waals surface area contributed by atoms with E-state index in [0.717, 1.165) is 0 Å². The van der Waals surface area contributed by atoms with Gasteiger partial charge in [0.05, 0.1) is 0 Å². The van der Waals surface area contributed by atoms with E-state index in [1.165, 1.54) is 25.7 Å². The van der Waals surface area contributed by atoms with Crippen LogP contribution in [-0.4, -0.2) is 4.21 Å². The molecule has 4 heteroatoms. The third-order valence-electron chi connectivity index (χ3n) is 2.26. The predicted molar refractivity (Wildman–Crippen MR) is 62.9 cm³/mol. The molecule has 0 bridgehead atoms. The normalized spacial score (nSPS) is 14.2. The largest absolute Gasteiger partial charge is 0.225 e. The van der Waals surface area contributed by atoms with Gasteiger partial charge in [0.15, 0.2) is 0 Å². The first-order valence-electron chi connectivity index (χ1n) is 4.51. The van der Waals surface area contributed by atoms with Crippen LogP contribution in [0.4, 0.5) is 0 Å². The summed E-state index contributed by atoms with van der Waals surface area (Å²) in [5.74, 6) is 0. The lowest BCUT2D eigenvalue weighted by Gasteiger charge is -2.13. The Balaban J connectivity index is 0.000000213. The van der Waals surface area contributed by atoms with Gasteiger partial charge in [0.25, 0.3) is 0 Å². The van der Waals surface area contributed by atoms with E-state index in [2.05, 4.69) is 45.6 Å². The summed E-state index contributed by atoms with van der Waals surface area (Å²) < 4.78 is 9.09. The van der Waals surface area contributed by atoms with Crippen LogP contribution in [0.15, 0.2) is 24.3 Å². The van der Waals surface area contributed by atoms with Crippen LogP contribution in [0.3, 0.4) is 0 Å². The van der Waals surface area contributed by atoms with Crippen molar-refractivity contribution in [2.45, 2.75) is 25.7 Å². The van der Waals surface area contributed by atoms with E-state index in [9.17, 15) is 0 Å². The van der Waals surface area contributed by atoms with Crippen LogP contribution < -0.4 is 0 Å². The molecule has 0 unspecified atom stereocenters. The first kappa shape index (κ1) is 12.0. The lowest BCUT2D eigenvalue weighted by molar-refractivity contribution is 0.685. The number of aryl methyl sites for hydroxylation is 2. The highest BCUT2D eigenvalue weighted by atomic mass is 36.0. The molecule has 0 radical (unpaired) electrons. The summed E-state index contributed by atoms with van der Waals surface area (Å²) in [7, 11) is 7.36. The predicted octanol–water partition coefficient (Wildman–Crippen LogP) is 3.61. The summed E-state index contributed by atoms with van der Waals surface area (Å²) >= 11 is 0. The van der Waals surface area contributed by atoms with Crippen molar-refractivity contribution in [3.8, 4) is 0 Å². The fourth-order valence-electron chi connectivity index (χ4n) is 1.68. The highest BCUT2D eigenvalue weighted by Crippen LogP contribution is 2.19. The Morgan fingerprint density at radius 1 is 1.00 bits per heavy atom. The lowest BCUT2D eigenvalue weighted by Crippen LogP contribution is -2.00. The molecule has 1 aliphatic carbocycles. The Kier molecular flexibility index (Phi) is 5.53. The molecule has 0 heterocycles. The van der Waals surface area contributed by atoms with Crippen LogP contribution in [0.5, 0.6) is 0 Å². The molecule has 0 aromatic heterocycles. The molecule has 0 atom stereocenters. The highest BCUT2D eigenvalue weighted by molar-refractivity contribution is 8.26. The van der Waals surface area contributed by atoms with Gasteiger partial charge in [-0.05, 0) is 36.8 Å². The molecule has 0 N–H and O–H groups in total. The topological polar surface area (TPSA) is 17.1 Å². The van der Waals surface area contributed by atoms with E-state index in [-0.39, 0.29) is 0 Å². The standard InChI is InChI=1S/C10H12.Cl2OS/c1-2-6-10-8-4-3-7-9(10)5-1;1-4(2)3/h1-2,5-6H,3-4,7-8H2;. The Morgan fingerprint density at radius 3 is 1.71 bits per heavy atom. The minimum Gasteiger partial charge on any atom is -0.225 e. The molecule has 1 aromatic carbocycles. The van der Waals surface area contributed by atoms with Gasteiger partial charge in [-0.3, -0.25) is 0 Å². The zero-order valence-corrected chi connectivity index (χ0v) is 10.0. The summed E-state index contributed by atoms with van der Waals surface area (Å²) in [4.78, 5) is 0. The third kappa shape index (κ3) is 4.45. The van der Waals surface area contributed by atoms with E-state index in [1.54, 1.807) is 11.1 Å². The van der Waals surface area contributed by atoms with Gasteiger partial charge in [-0.2, -0.15) is 0 Å². The summed E-state index contributed by atoms with van der Waals surface area (Å²) in [5.41, 5.74) is 3.16.